The number of carbonyl (C=O) groups is 1. The molecule has 0 bridgehead atoms. The van der Waals surface area contributed by atoms with Gasteiger partial charge in [0.2, 0.25) is 0 Å². The summed E-state index contributed by atoms with van der Waals surface area (Å²) in [5.74, 6) is -1.34. The number of anilines is 1. The molecule has 0 atom stereocenters. The molecule has 20 heavy (non-hydrogen) atoms. The quantitative estimate of drug-likeness (QED) is 0.919. The first kappa shape index (κ1) is 14.5. The molecule has 2 aromatic rings. The minimum Gasteiger partial charge on any atom is -0.484 e. The first-order chi connectivity index (χ1) is 9.54. The van der Waals surface area contributed by atoms with Gasteiger partial charge in [0.1, 0.15) is 17.4 Å². The molecule has 0 aliphatic heterocycles. The average Bonchev–Trinajstić information content (AvgIpc) is 2.38. The fourth-order valence-corrected chi connectivity index (χ4v) is 1.95. The van der Waals surface area contributed by atoms with Crippen molar-refractivity contribution in [2.75, 3.05) is 11.9 Å². The van der Waals surface area contributed by atoms with Gasteiger partial charge in [0.05, 0.1) is 5.69 Å². The monoisotopic (exact) mass is 341 g/mol. The molecule has 1 N–H and O–H groups in total. The number of carbonyl (C=O) groups excluding carboxylic acids is 1. The highest BCUT2D eigenvalue weighted by atomic mass is 79.9. The minimum atomic E-state index is -0.533. The van der Waals surface area contributed by atoms with Gasteiger partial charge < -0.3 is 10.1 Å². The van der Waals surface area contributed by atoms with E-state index in [-0.39, 0.29) is 18.0 Å². The number of benzene rings is 2. The Bertz CT molecular complexity index is 614. The zero-order valence-corrected chi connectivity index (χ0v) is 11.8. The van der Waals surface area contributed by atoms with E-state index in [1.54, 1.807) is 6.07 Å². The van der Waals surface area contributed by atoms with Crippen molar-refractivity contribution in [3.05, 3.63) is 58.6 Å². The number of hydrogen-bond donors (Lipinski definition) is 1. The summed E-state index contributed by atoms with van der Waals surface area (Å²) in [5, 5.41) is 2.37. The van der Waals surface area contributed by atoms with Crippen LogP contribution in [0.25, 0.3) is 0 Å². The third-order valence-electron chi connectivity index (χ3n) is 2.35. The molecule has 0 unspecified atom stereocenters. The van der Waals surface area contributed by atoms with E-state index < -0.39 is 17.5 Å². The summed E-state index contributed by atoms with van der Waals surface area (Å²) in [6, 6.07) is 9.74. The van der Waals surface area contributed by atoms with E-state index in [1.807, 2.05) is 0 Å². The van der Waals surface area contributed by atoms with Crippen molar-refractivity contribution in [3.63, 3.8) is 0 Å². The number of para-hydroxylation sites is 1. The lowest BCUT2D eigenvalue weighted by Gasteiger charge is -2.08. The smallest absolute Gasteiger partial charge is 0.262 e. The predicted molar refractivity (Wildman–Crippen MR) is 74.6 cm³/mol. The standard InChI is InChI=1S/C14H10BrF2NO2/c15-9-5-10(16)7-11(6-9)20-8-14(19)18-13-4-2-1-3-12(13)17/h1-7H,8H2,(H,18,19). The molecule has 0 saturated carbocycles. The fraction of sp³-hybridized carbons (Fsp3) is 0.0714. The summed E-state index contributed by atoms with van der Waals surface area (Å²) in [6.45, 7) is -0.343. The molecule has 0 heterocycles. The van der Waals surface area contributed by atoms with E-state index in [0.717, 1.165) is 6.07 Å². The molecule has 2 rings (SSSR count). The number of nitrogens with one attached hydrogen (secondary N) is 1. The molecule has 1 amide bonds. The Kier molecular flexibility index (Phi) is 4.68. The van der Waals surface area contributed by atoms with Gasteiger partial charge in [-0.05, 0) is 24.3 Å². The van der Waals surface area contributed by atoms with Crippen molar-refractivity contribution in [1.29, 1.82) is 0 Å². The van der Waals surface area contributed by atoms with Crippen molar-refractivity contribution in [2.24, 2.45) is 0 Å². The molecule has 0 spiro atoms. The van der Waals surface area contributed by atoms with Crippen LogP contribution in [0.15, 0.2) is 46.9 Å². The van der Waals surface area contributed by atoms with E-state index in [2.05, 4.69) is 21.2 Å². The van der Waals surface area contributed by atoms with Crippen LogP contribution in [0.3, 0.4) is 0 Å². The van der Waals surface area contributed by atoms with Crippen LogP contribution < -0.4 is 10.1 Å². The van der Waals surface area contributed by atoms with Gasteiger partial charge in [0, 0.05) is 10.5 Å². The van der Waals surface area contributed by atoms with E-state index in [9.17, 15) is 13.6 Å². The van der Waals surface area contributed by atoms with Gasteiger partial charge in [-0.3, -0.25) is 4.79 Å². The third-order valence-corrected chi connectivity index (χ3v) is 2.81. The van der Waals surface area contributed by atoms with Gasteiger partial charge >= 0.3 is 0 Å². The van der Waals surface area contributed by atoms with Crippen LogP contribution in [0, 0.1) is 11.6 Å². The minimum absolute atomic E-state index is 0.0709. The maximum atomic E-state index is 13.3. The van der Waals surface area contributed by atoms with Gasteiger partial charge in [0.15, 0.2) is 6.61 Å². The molecule has 0 radical (unpaired) electrons. The zero-order valence-electron chi connectivity index (χ0n) is 10.2. The largest absolute Gasteiger partial charge is 0.484 e. The van der Waals surface area contributed by atoms with E-state index in [1.165, 1.54) is 30.3 Å². The highest BCUT2D eigenvalue weighted by Gasteiger charge is 2.08. The fourth-order valence-electron chi connectivity index (χ4n) is 1.51. The molecule has 6 heteroatoms. The molecule has 0 fully saturated rings. The predicted octanol–water partition coefficient (Wildman–Crippen LogP) is 3.74. The second-order valence-electron chi connectivity index (χ2n) is 3.92. The van der Waals surface area contributed by atoms with Crippen molar-refractivity contribution in [3.8, 4) is 5.75 Å². The number of halogens is 3. The van der Waals surface area contributed by atoms with E-state index in [4.69, 9.17) is 4.74 Å². The molecule has 0 saturated heterocycles. The summed E-state index contributed by atoms with van der Waals surface area (Å²) in [6.07, 6.45) is 0. The Hall–Kier alpha value is -1.95. The lowest BCUT2D eigenvalue weighted by Crippen LogP contribution is -2.20. The summed E-state index contributed by atoms with van der Waals surface area (Å²) in [7, 11) is 0. The second-order valence-corrected chi connectivity index (χ2v) is 4.84. The van der Waals surface area contributed by atoms with E-state index in [0.29, 0.717) is 4.47 Å². The average molecular weight is 342 g/mol. The Morgan fingerprint density at radius 1 is 1.20 bits per heavy atom. The second kappa shape index (κ2) is 6.47. The van der Waals surface area contributed by atoms with Gasteiger partial charge in [-0.25, -0.2) is 8.78 Å². The van der Waals surface area contributed by atoms with E-state index >= 15 is 0 Å². The number of ether oxygens (including phenoxy) is 1. The van der Waals surface area contributed by atoms with Crippen molar-refractivity contribution in [2.45, 2.75) is 0 Å². The SMILES string of the molecule is O=C(COc1cc(F)cc(Br)c1)Nc1ccccc1F. The highest BCUT2D eigenvalue weighted by Crippen LogP contribution is 2.20. The maximum absolute atomic E-state index is 13.3. The Morgan fingerprint density at radius 2 is 1.95 bits per heavy atom. The highest BCUT2D eigenvalue weighted by molar-refractivity contribution is 9.10. The number of amides is 1. The topological polar surface area (TPSA) is 38.3 Å². The van der Waals surface area contributed by atoms with Crippen LogP contribution in [-0.2, 0) is 4.79 Å². The molecular weight excluding hydrogens is 332 g/mol. The lowest BCUT2D eigenvalue weighted by atomic mass is 10.3. The Labute approximate surface area is 122 Å². The number of rotatable bonds is 4. The summed E-state index contributed by atoms with van der Waals surface area (Å²) < 4.78 is 32.0. The molecular formula is C14H10BrF2NO2. The van der Waals surface area contributed by atoms with Crippen LogP contribution in [0.5, 0.6) is 5.75 Å². The molecule has 0 aliphatic carbocycles. The number of hydrogen-bond acceptors (Lipinski definition) is 2. The van der Waals surface area contributed by atoms with Crippen LogP contribution in [-0.4, -0.2) is 12.5 Å². The van der Waals surface area contributed by atoms with Crippen LogP contribution in [0.2, 0.25) is 0 Å². The van der Waals surface area contributed by atoms with Crippen LogP contribution in [0.4, 0.5) is 14.5 Å². The molecule has 2 aromatic carbocycles. The Balaban J connectivity index is 1.94. The first-order valence-corrected chi connectivity index (χ1v) is 6.47. The summed E-state index contributed by atoms with van der Waals surface area (Å²) in [4.78, 5) is 11.6. The molecule has 3 nitrogen and oxygen atoms in total. The van der Waals surface area contributed by atoms with Crippen molar-refractivity contribution < 1.29 is 18.3 Å². The molecule has 0 aromatic heterocycles. The third kappa shape index (κ3) is 4.03. The summed E-state index contributed by atoms with van der Waals surface area (Å²) in [5.41, 5.74) is 0.0709. The normalized spacial score (nSPS) is 10.2. The van der Waals surface area contributed by atoms with Gasteiger partial charge in [0.25, 0.3) is 5.91 Å². The maximum Gasteiger partial charge on any atom is 0.262 e. The first-order valence-electron chi connectivity index (χ1n) is 5.68. The molecule has 104 valence electrons. The molecule has 0 aliphatic rings. The lowest BCUT2D eigenvalue weighted by molar-refractivity contribution is -0.118. The van der Waals surface area contributed by atoms with Gasteiger partial charge in [-0.2, -0.15) is 0 Å². The zero-order chi connectivity index (χ0) is 14.5. The van der Waals surface area contributed by atoms with Gasteiger partial charge in [-0.1, -0.05) is 28.1 Å². The summed E-state index contributed by atoms with van der Waals surface area (Å²) >= 11 is 3.11. The van der Waals surface area contributed by atoms with Crippen molar-refractivity contribution >= 4 is 27.5 Å². The Morgan fingerprint density at radius 3 is 2.65 bits per heavy atom. The van der Waals surface area contributed by atoms with Crippen LogP contribution in [0.1, 0.15) is 0 Å². The van der Waals surface area contributed by atoms with Crippen LogP contribution >= 0.6 is 15.9 Å². The van der Waals surface area contributed by atoms with Crippen molar-refractivity contribution in [1.82, 2.24) is 0 Å². The van der Waals surface area contributed by atoms with Gasteiger partial charge in [-0.15, -0.1) is 0 Å².